The highest BCUT2D eigenvalue weighted by molar-refractivity contribution is 5.84. The molecule has 0 amide bonds. The third kappa shape index (κ3) is 3.09. The Morgan fingerprint density at radius 2 is 1.96 bits per heavy atom. The van der Waals surface area contributed by atoms with Gasteiger partial charge in [-0.05, 0) is 51.8 Å². The van der Waals surface area contributed by atoms with Crippen molar-refractivity contribution in [2.75, 3.05) is 12.4 Å². The molecule has 0 radical (unpaired) electrons. The molecule has 2 aromatic carbocycles. The molecule has 2 aromatic rings. The first-order valence-electron chi connectivity index (χ1n) is 10.1. The van der Waals surface area contributed by atoms with Crippen molar-refractivity contribution in [1.29, 1.82) is 0 Å². The number of nitrogens with one attached hydrogen (secondary N) is 1. The summed E-state index contributed by atoms with van der Waals surface area (Å²) in [6, 6.07) is 10.4. The van der Waals surface area contributed by atoms with Crippen molar-refractivity contribution in [3.63, 3.8) is 0 Å². The summed E-state index contributed by atoms with van der Waals surface area (Å²) in [5, 5.41) is 6.21. The maximum atomic E-state index is 6.46. The minimum absolute atomic E-state index is 0.0543. The number of hydrogen-bond donors (Lipinski definition) is 1. The van der Waals surface area contributed by atoms with Crippen molar-refractivity contribution < 1.29 is 9.47 Å². The topological polar surface area (TPSA) is 30.5 Å². The molecule has 0 spiro atoms. The zero-order valence-corrected chi connectivity index (χ0v) is 17.5. The number of benzene rings is 2. The van der Waals surface area contributed by atoms with Gasteiger partial charge >= 0.3 is 0 Å². The Kier molecular flexibility index (Phi) is 4.70. The molecule has 28 heavy (non-hydrogen) atoms. The molecular formula is C25H29NO2. The van der Waals surface area contributed by atoms with Gasteiger partial charge in [0.2, 0.25) is 0 Å². The van der Waals surface area contributed by atoms with Gasteiger partial charge in [0, 0.05) is 33.6 Å². The van der Waals surface area contributed by atoms with Crippen molar-refractivity contribution in [3.8, 4) is 22.6 Å². The van der Waals surface area contributed by atoms with Crippen LogP contribution in [0.4, 0.5) is 5.69 Å². The molecule has 2 aliphatic rings. The van der Waals surface area contributed by atoms with Crippen LogP contribution in [0.1, 0.15) is 47.0 Å². The smallest absolute Gasteiger partial charge is 0.138 e. The molecule has 0 unspecified atom stereocenters. The van der Waals surface area contributed by atoms with E-state index in [-0.39, 0.29) is 5.54 Å². The quantitative estimate of drug-likeness (QED) is 0.764. The first kappa shape index (κ1) is 18.7. The summed E-state index contributed by atoms with van der Waals surface area (Å²) in [6.45, 7) is 8.91. The highest BCUT2D eigenvalue weighted by Crippen LogP contribution is 2.41. The van der Waals surface area contributed by atoms with E-state index in [9.17, 15) is 0 Å². The van der Waals surface area contributed by atoms with E-state index in [1.807, 2.05) is 18.2 Å². The second kappa shape index (κ2) is 7.05. The molecular weight excluding hydrogens is 346 g/mol. The van der Waals surface area contributed by atoms with Crippen molar-refractivity contribution >= 4 is 17.0 Å². The van der Waals surface area contributed by atoms with E-state index in [1.54, 1.807) is 7.11 Å². The van der Waals surface area contributed by atoms with Gasteiger partial charge in [-0.15, -0.1) is 0 Å². The number of allylic oxidation sites excluding steroid dienone is 1. The van der Waals surface area contributed by atoms with Crippen LogP contribution in [0.25, 0.3) is 22.5 Å². The van der Waals surface area contributed by atoms with Gasteiger partial charge in [0.05, 0.1) is 12.7 Å². The number of ether oxygens (including phenoxy) is 2. The summed E-state index contributed by atoms with van der Waals surface area (Å²) >= 11 is 0. The molecule has 0 saturated heterocycles. The SMILES string of the molecule is CCC=CCC1=c2c(ccc3c2=C(C)CC(C)(C)N3)-c2c(OC)cccc2O1. The van der Waals surface area contributed by atoms with E-state index in [2.05, 4.69) is 57.3 Å². The average Bonchev–Trinajstić information content (AvgIpc) is 2.66. The molecule has 0 bridgehead atoms. The highest BCUT2D eigenvalue weighted by atomic mass is 16.5. The Balaban J connectivity index is 2.08. The Hall–Kier alpha value is -2.68. The minimum Gasteiger partial charge on any atom is -0.496 e. The van der Waals surface area contributed by atoms with Crippen molar-refractivity contribution in [2.45, 2.75) is 52.5 Å². The molecule has 3 heteroatoms. The minimum atomic E-state index is 0.0543. The average molecular weight is 376 g/mol. The van der Waals surface area contributed by atoms with Crippen LogP contribution in [0, 0.1) is 0 Å². The van der Waals surface area contributed by atoms with E-state index in [4.69, 9.17) is 9.47 Å². The number of methoxy groups -OCH3 is 1. The van der Waals surface area contributed by atoms with Gasteiger partial charge in [0.1, 0.15) is 17.3 Å². The lowest BCUT2D eigenvalue weighted by Crippen LogP contribution is -2.45. The molecule has 0 saturated carbocycles. The Morgan fingerprint density at radius 1 is 1.14 bits per heavy atom. The maximum Gasteiger partial charge on any atom is 0.138 e. The molecule has 2 aliphatic heterocycles. The second-order valence-electron chi connectivity index (χ2n) is 8.32. The Morgan fingerprint density at radius 3 is 2.71 bits per heavy atom. The van der Waals surface area contributed by atoms with Gasteiger partial charge in [-0.3, -0.25) is 0 Å². The van der Waals surface area contributed by atoms with Crippen LogP contribution in [-0.4, -0.2) is 12.6 Å². The second-order valence-corrected chi connectivity index (χ2v) is 8.32. The van der Waals surface area contributed by atoms with Crippen LogP contribution >= 0.6 is 0 Å². The Bertz CT molecular complexity index is 1080. The van der Waals surface area contributed by atoms with Crippen LogP contribution in [-0.2, 0) is 0 Å². The van der Waals surface area contributed by atoms with Crippen molar-refractivity contribution in [1.82, 2.24) is 0 Å². The fourth-order valence-corrected chi connectivity index (χ4v) is 4.52. The summed E-state index contributed by atoms with van der Waals surface area (Å²) in [4.78, 5) is 0. The van der Waals surface area contributed by atoms with Gasteiger partial charge in [-0.2, -0.15) is 0 Å². The number of fused-ring (bicyclic) bond motifs is 5. The van der Waals surface area contributed by atoms with Crippen molar-refractivity contribution in [2.24, 2.45) is 0 Å². The van der Waals surface area contributed by atoms with Gasteiger partial charge < -0.3 is 14.8 Å². The van der Waals surface area contributed by atoms with E-state index < -0.39 is 0 Å². The molecule has 0 aliphatic carbocycles. The molecule has 2 heterocycles. The van der Waals surface area contributed by atoms with Gasteiger partial charge in [0.15, 0.2) is 0 Å². The predicted octanol–water partition coefficient (Wildman–Crippen LogP) is 4.98. The lowest BCUT2D eigenvalue weighted by atomic mass is 9.86. The van der Waals surface area contributed by atoms with Crippen LogP contribution < -0.4 is 25.2 Å². The molecule has 3 nitrogen and oxygen atoms in total. The summed E-state index contributed by atoms with van der Waals surface area (Å²) in [5.41, 5.74) is 4.88. The third-order valence-corrected chi connectivity index (χ3v) is 5.51. The van der Waals surface area contributed by atoms with E-state index >= 15 is 0 Å². The standard InChI is InChI=1S/C25H29NO2/c1-6-7-8-10-21-24-17(23-19(27-5)11-9-12-20(23)28-21)13-14-18-22(24)16(2)15-25(3,4)26-18/h7-9,11-14,26H,6,10,15H2,1-5H3. The van der Waals surface area contributed by atoms with E-state index in [1.165, 1.54) is 27.3 Å². The summed E-state index contributed by atoms with van der Waals surface area (Å²) < 4.78 is 12.1. The first-order chi connectivity index (χ1) is 13.4. The summed E-state index contributed by atoms with van der Waals surface area (Å²) in [7, 11) is 1.72. The van der Waals surface area contributed by atoms with Crippen LogP contribution in [0.3, 0.4) is 0 Å². The summed E-state index contributed by atoms with van der Waals surface area (Å²) in [5.74, 6) is 2.73. The number of anilines is 1. The lowest BCUT2D eigenvalue weighted by Gasteiger charge is -2.34. The predicted molar refractivity (Wildman–Crippen MR) is 117 cm³/mol. The number of hydrogen-bond acceptors (Lipinski definition) is 3. The van der Waals surface area contributed by atoms with Crippen LogP contribution in [0.15, 0.2) is 42.5 Å². The van der Waals surface area contributed by atoms with Gasteiger partial charge in [-0.1, -0.05) is 36.8 Å². The fraction of sp³-hybridized carbons (Fsp3) is 0.360. The van der Waals surface area contributed by atoms with Gasteiger partial charge in [0.25, 0.3) is 0 Å². The molecule has 4 rings (SSSR count). The molecule has 1 N–H and O–H groups in total. The van der Waals surface area contributed by atoms with Crippen molar-refractivity contribution in [3.05, 3.63) is 52.9 Å². The fourth-order valence-electron chi connectivity index (χ4n) is 4.52. The normalized spacial score (nSPS) is 16.8. The third-order valence-electron chi connectivity index (χ3n) is 5.51. The first-order valence-corrected chi connectivity index (χ1v) is 10.1. The van der Waals surface area contributed by atoms with Crippen LogP contribution in [0.5, 0.6) is 11.5 Å². The zero-order valence-electron chi connectivity index (χ0n) is 17.5. The van der Waals surface area contributed by atoms with Crippen LogP contribution in [0.2, 0.25) is 0 Å². The van der Waals surface area contributed by atoms with Gasteiger partial charge in [-0.25, -0.2) is 0 Å². The zero-order chi connectivity index (χ0) is 19.9. The van der Waals surface area contributed by atoms with E-state index in [0.29, 0.717) is 0 Å². The monoisotopic (exact) mass is 375 g/mol. The van der Waals surface area contributed by atoms with E-state index in [0.717, 1.165) is 42.1 Å². The molecule has 146 valence electrons. The Labute approximate surface area is 167 Å². The molecule has 0 aromatic heterocycles. The highest BCUT2D eigenvalue weighted by Gasteiger charge is 2.28. The summed E-state index contributed by atoms with van der Waals surface area (Å²) in [6.07, 6.45) is 7.22. The number of rotatable bonds is 4. The maximum absolute atomic E-state index is 6.46. The molecule has 0 atom stereocenters. The largest absolute Gasteiger partial charge is 0.496 e. The lowest BCUT2D eigenvalue weighted by molar-refractivity contribution is 0.411. The molecule has 0 fully saturated rings.